The smallest absolute Gasteiger partial charge is 0.462 e. The van der Waals surface area contributed by atoms with Crippen LogP contribution in [0.4, 0.5) is 0 Å². The van der Waals surface area contributed by atoms with Crippen LogP contribution in [0.25, 0.3) is 0 Å². The molecule has 0 aromatic carbocycles. The van der Waals surface area contributed by atoms with Gasteiger partial charge in [-0.25, -0.2) is 4.57 Å². The Balaban J connectivity index is 4.25. The van der Waals surface area contributed by atoms with E-state index in [1.807, 2.05) is 21.1 Å². The Bertz CT molecular complexity index is 1000. The number of carbonyl (C=O) groups is 2. The highest BCUT2D eigenvalue weighted by Gasteiger charge is 2.27. The summed E-state index contributed by atoms with van der Waals surface area (Å²) in [5, 5.41) is 0. The molecule has 0 heterocycles. The molecule has 0 aromatic rings. The summed E-state index contributed by atoms with van der Waals surface area (Å²) in [6.07, 6.45) is 44.0. The van der Waals surface area contributed by atoms with E-state index in [2.05, 4.69) is 26.0 Å². The second kappa shape index (κ2) is 41.1. The van der Waals surface area contributed by atoms with Gasteiger partial charge in [0, 0.05) is 12.8 Å². The Hall–Kier alpha value is -1.25. The van der Waals surface area contributed by atoms with E-state index in [0.29, 0.717) is 23.9 Å². The first kappa shape index (κ1) is 56.8. The molecule has 0 bridgehead atoms. The van der Waals surface area contributed by atoms with Gasteiger partial charge in [-0.2, -0.15) is 0 Å². The van der Waals surface area contributed by atoms with Crippen LogP contribution in [-0.4, -0.2) is 74.9 Å². The van der Waals surface area contributed by atoms with Crippen molar-refractivity contribution in [1.82, 2.24) is 0 Å². The lowest BCUT2D eigenvalue weighted by molar-refractivity contribution is -0.870. The second-order valence-electron chi connectivity index (χ2n) is 17.9. The quantitative estimate of drug-likeness (QED) is 0.0212. The molecule has 10 heteroatoms. The van der Waals surface area contributed by atoms with Gasteiger partial charge in [0.05, 0.1) is 27.7 Å². The molecule has 0 amide bonds. The molecule has 2 unspecified atom stereocenters. The minimum absolute atomic E-state index is 0.0334. The number of nitrogens with zero attached hydrogens (tertiary/aromatic N) is 1. The number of unbranched alkanes of at least 4 members (excludes halogenated alkanes) is 29. The first-order valence-electron chi connectivity index (χ1n) is 24.4. The third-order valence-corrected chi connectivity index (χ3v) is 11.8. The molecule has 0 saturated carbocycles. The van der Waals surface area contributed by atoms with Crippen molar-refractivity contribution in [3.05, 3.63) is 12.2 Å². The number of carbonyl (C=O) groups excluding carboxylic acids is 2. The van der Waals surface area contributed by atoms with Crippen molar-refractivity contribution in [3.63, 3.8) is 0 Å². The van der Waals surface area contributed by atoms with Gasteiger partial charge in [-0.3, -0.25) is 18.6 Å². The van der Waals surface area contributed by atoms with Gasteiger partial charge in [-0.15, -0.1) is 0 Å². The van der Waals surface area contributed by atoms with Crippen molar-refractivity contribution in [2.75, 3.05) is 47.5 Å². The van der Waals surface area contributed by atoms with Crippen molar-refractivity contribution in [3.8, 4) is 0 Å². The summed E-state index contributed by atoms with van der Waals surface area (Å²) in [4.78, 5) is 35.5. The van der Waals surface area contributed by atoms with Crippen LogP contribution in [0.5, 0.6) is 0 Å². The van der Waals surface area contributed by atoms with Crippen LogP contribution in [0.3, 0.4) is 0 Å². The second-order valence-corrected chi connectivity index (χ2v) is 19.3. The fourth-order valence-electron chi connectivity index (χ4n) is 6.95. The average molecular weight is 845 g/mol. The fourth-order valence-corrected chi connectivity index (χ4v) is 7.69. The van der Waals surface area contributed by atoms with E-state index in [-0.39, 0.29) is 25.6 Å². The molecule has 0 aliphatic carbocycles. The number of phosphoric ester groups is 1. The van der Waals surface area contributed by atoms with E-state index in [1.54, 1.807) is 0 Å². The summed E-state index contributed by atoms with van der Waals surface area (Å²) in [5.74, 6) is -0.795. The normalized spacial score (nSPS) is 13.6. The lowest BCUT2D eigenvalue weighted by atomic mass is 10.0. The molecule has 0 saturated heterocycles. The maximum atomic E-state index is 12.7. The largest absolute Gasteiger partial charge is 0.472 e. The van der Waals surface area contributed by atoms with Gasteiger partial charge in [0.1, 0.15) is 19.8 Å². The summed E-state index contributed by atoms with van der Waals surface area (Å²) < 4.78 is 34.4. The number of hydrogen-bond donors (Lipinski definition) is 1. The summed E-state index contributed by atoms with van der Waals surface area (Å²) in [6, 6.07) is 0. The molecular formula is C48H95NO8P+. The van der Waals surface area contributed by atoms with Crippen LogP contribution in [0, 0.1) is 0 Å². The van der Waals surface area contributed by atoms with Gasteiger partial charge in [0.25, 0.3) is 0 Å². The van der Waals surface area contributed by atoms with Gasteiger partial charge in [0.15, 0.2) is 6.10 Å². The van der Waals surface area contributed by atoms with Crippen LogP contribution in [0.15, 0.2) is 12.2 Å². The van der Waals surface area contributed by atoms with Gasteiger partial charge < -0.3 is 18.9 Å². The lowest BCUT2D eigenvalue weighted by Gasteiger charge is -2.24. The Labute approximate surface area is 358 Å². The summed E-state index contributed by atoms with van der Waals surface area (Å²) in [5.41, 5.74) is 0. The van der Waals surface area contributed by atoms with Crippen LogP contribution in [0.1, 0.15) is 232 Å². The zero-order valence-corrected chi connectivity index (χ0v) is 39.7. The van der Waals surface area contributed by atoms with E-state index in [0.717, 1.165) is 51.4 Å². The Kier molecular flexibility index (Phi) is 40.2. The van der Waals surface area contributed by atoms with E-state index in [9.17, 15) is 19.0 Å². The number of quaternary nitrogens is 1. The summed E-state index contributed by atoms with van der Waals surface area (Å²) >= 11 is 0. The van der Waals surface area contributed by atoms with E-state index in [4.69, 9.17) is 18.5 Å². The third-order valence-electron chi connectivity index (χ3n) is 10.8. The van der Waals surface area contributed by atoms with Crippen molar-refractivity contribution in [2.24, 2.45) is 0 Å². The number of likely N-dealkylation sites (N-methyl/N-ethyl adjacent to an activating group) is 1. The minimum Gasteiger partial charge on any atom is -0.462 e. The molecule has 2 atom stereocenters. The van der Waals surface area contributed by atoms with E-state index >= 15 is 0 Å². The predicted molar refractivity (Wildman–Crippen MR) is 243 cm³/mol. The monoisotopic (exact) mass is 845 g/mol. The first-order chi connectivity index (χ1) is 28.0. The summed E-state index contributed by atoms with van der Waals surface area (Å²) in [6.45, 7) is 4.45. The first-order valence-corrected chi connectivity index (χ1v) is 25.9. The van der Waals surface area contributed by atoms with E-state index in [1.165, 1.54) is 148 Å². The topological polar surface area (TPSA) is 108 Å². The maximum absolute atomic E-state index is 12.7. The molecule has 0 radical (unpaired) electrons. The molecule has 344 valence electrons. The summed E-state index contributed by atoms with van der Waals surface area (Å²) in [7, 11) is 1.48. The highest BCUT2D eigenvalue weighted by atomic mass is 31.2. The highest BCUT2D eigenvalue weighted by Crippen LogP contribution is 2.43. The number of rotatable bonds is 45. The molecule has 0 aliphatic rings. The van der Waals surface area contributed by atoms with Crippen LogP contribution in [0.2, 0.25) is 0 Å². The van der Waals surface area contributed by atoms with Crippen molar-refractivity contribution in [1.29, 1.82) is 0 Å². The Morgan fingerprint density at radius 3 is 1.28 bits per heavy atom. The van der Waals surface area contributed by atoms with Gasteiger partial charge in [-0.1, -0.05) is 193 Å². The zero-order chi connectivity index (χ0) is 42.8. The number of ether oxygens (including phenoxy) is 2. The molecule has 9 nitrogen and oxygen atoms in total. The average Bonchev–Trinajstić information content (AvgIpc) is 3.17. The van der Waals surface area contributed by atoms with Crippen LogP contribution in [-0.2, 0) is 32.7 Å². The number of hydrogen-bond acceptors (Lipinski definition) is 7. The lowest BCUT2D eigenvalue weighted by Crippen LogP contribution is -2.37. The van der Waals surface area contributed by atoms with Crippen molar-refractivity contribution < 1.29 is 42.1 Å². The predicted octanol–water partition coefficient (Wildman–Crippen LogP) is 14.1. The van der Waals surface area contributed by atoms with Crippen LogP contribution >= 0.6 is 7.82 Å². The number of phosphoric acid groups is 1. The van der Waals surface area contributed by atoms with Crippen molar-refractivity contribution >= 4 is 19.8 Å². The standard InChI is InChI=1S/C48H94NO8P/c1-6-8-10-12-14-16-18-20-22-23-24-25-27-28-30-32-34-36-38-40-47(50)54-44-46(45-56-58(52,53)55-43-42-49(3,4)5)57-48(51)41-39-37-35-33-31-29-26-21-19-17-15-13-11-9-7-2/h21,26,46H,6-20,22-25,27-45H2,1-5H3/p+1/b26-21-. The van der Waals surface area contributed by atoms with Gasteiger partial charge >= 0.3 is 19.8 Å². The SMILES string of the molecule is CCCCCCCC/C=C\CCCCCCCC(=O)OC(COC(=O)CCCCCCCCCCCCCCCCCCCCC)COP(=O)(O)OCC[N+](C)(C)C. The molecule has 0 aromatic heterocycles. The molecule has 0 aliphatic heterocycles. The number of esters is 2. The van der Waals surface area contributed by atoms with Gasteiger partial charge in [-0.05, 0) is 38.5 Å². The molecule has 0 fully saturated rings. The molecule has 0 rings (SSSR count). The van der Waals surface area contributed by atoms with Gasteiger partial charge in [0.2, 0.25) is 0 Å². The molecule has 58 heavy (non-hydrogen) atoms. The zero-order valence-electron chi connectivity index (χ0n) is 38.8. The molecule has 1 N–H and O–H groups in total. The third kappa shape index (κ3) is 44.3. The van der Waals surface area contributed by atoms with Crippen molar-refractivity contribution in [2.45, 2.75) is 238 Å². The molecular weight excluding hydrogens is 750 g/mol. The van der Waals surface area contributed by atoms with E-state index < -0.39 is 26.5 Å². The minimum atomic E-state index is -4.37. The fraction of sp³-hybridized carbons (Fsp3) is 0.917. The highest BCUT2D eigenvalue weighted by molar-refractivity contribution is 7.47. The number of allylic oxidation sites excluding steroid dienone is 2. The Morgan fingerprint density at radius 2 is 0.879 bits per heavy atom. The Morgan fingerprint density at radius 1 is 0.517 bits per heavy atom. The van der Waals surface area contributed by atoms with Crippen LogP contribution < -0.4 is 0 Å². The maximum Gasteiger partial charge on any atom is 0.472 e. The molecule has 0 spiro atoms.